The number of rotatable bonds is 9. The minimum Gasteiger partial charge on any atom is -0.462 e. The van der Waals surface area contributed by atoms with Crippen LogP contribution in [-0.2, 0) is 11.3 Å². The maximum absolute atomic E-state index is 15.0. The van der Waals surface area contributed by atoms with Gasteiger partial charge >= 0.3 is 5.97 Å². The molecule has 0 saturated carbocycles. The van der Waals surface area contributed by atoms with Crippen LogP contribution in [0.5, 0.6) is 0 Å². The van der Waals surface area contributed by atoms with Crippen LogP contribution >= 0.6 is 23.4 Å². The summed E-state index contributed by atoms with van der Waals surface area (Å²) in [5.41, 5.74) is 1.84. The molecular weight excluding hydrogens is 485 g/mol. The van der Waals surface area contributed by atoms with Crippen molar-refractivity contribution in [3.05, 3.63) is 117 Å². The summed E-state index contributed by atoms with van der Waals surface area (Å²) < 4.78 is 21.6. The lowest BCUT2D eigenvalue weighted by atomic mass is 10.0. The molecule has 180 valence electrons. The maximum atomic E-state index is 15.0. The van der Waals surface area contributed by atoms with Crippen molar-refractivity contribution in [3.63, 3.8) is 0 Å². The van der Waals surface area contributed by atoms with E-state index in [0.29, 0.717) is 13.0 Å². The minimum absolute atomic E-state index is 0.0721. The molecule has 0 aliphatic heterocycles. The van der Waals surface area contributed by atoms with Gasteiger partial charge in [-0.2, -0.15) is 0 Å². The van der Waals surface area contributed by atoms with Gasteiger partial charge in [-0.15, -0.1) is 11.8 Å². The normalized spacial score (nSPS) is 11.2. The monoisotopic (exact) mass is 509 g/mol. The van der Waals surface area contributed by atoms with Gasteiger partial charge < -0.3 is 9.30 Å². The van der Waals surface area contributed by atoms with Crippen molar-refractivity contribution in [1.29, 1.82) is 0 Å². The highest BCUT2D eigenvalue weighted by Crippen LogP contribution is 2.36. The number of nitrogens with zero attached hydrogens (tertiary/aromatic N) is 1. The number of aromatic nitrogens is 1. The Hall–Kier alpha value is -3.09. The summed E-state index contributed by atoms with van der Waals surface area (Å²) in [7, 11) is 0. The number of hydrogen-bond donors (Lipinski definition) is 0. The quantitative estimate of drug-likeness (QED) is 0.182. The van der Waals surface area contributed by atoms with Crippen LogP contribution in [0.1, 0.15) is 40.1 Å². The molecule has 4 rings (SSSR count). The summed E-state index contributed by atoms with van der Waals surface area (Å²) in [6.07, 6.45) is 2.08. The van der Waals surface area contributed by atoms with Gasteiger partial charge in [0.1, 0.15) is 5.56 Å². The van der Waals surface area contributed by atoms with Crippen molar-refractivity contribution in [2.24, 2.45) is 0 Å². The van der Waals surface area contributed by atoms with Crippen LogP contribution < -0.4 is 5.43 Å². The molecule has 1 aromatic heterocycles. The number of pyridine rings is 1. The molecule has 0 aliphatic carbocycles. The van der Waals surface area contributed by atoms with Gasteiger partial charge in [-0.05, 0) is 42.4 Å². The van der Waals surface area contributed by atoms with E-state index in [1.54, 1.807) is 23.3 Å². The highest BCUT2D eigenvalue weighted by Gasteiger charge is 2.20. The maximum Gasteiger partial charge on any atom is 0.343 e. The Morgan fingerprint density at radius 3 is 2.26 bits per heavy atom. The molecule has 4 aromatic rings. The van der Waals surface area contributed by atoms with Gasteiger partial charge in [0.2, 0.25) is 5.43 Å². The predicted molar refractivity (Wildman–Crippen MR) is 141 cm³/mol. The first-order valence-corrected chi connectivity index (χ1v) is 12.8. The summed E-state index contributed by atoms with van der Waals surface area (Å²) in [4.78, 5) is 25.3. The summed E-state index contributed by atoms with van der Waals surface area (Å²) in [5, 5.41) is 0.193. The van der Waals surface area contributed by atoms with Crippen molar-refractivity contribution in [2.75, 3.05) is 12.4 Å². The number of thioether (sulfide) groups is 1. The molecule has 0 aliphatic rings. The fourth-order valence-corrected chi connectivity index (χ4v) is 5.42. The van der Waals surface area contributed by atoms with Crippen LogP contribution in [0.3, 0.4) is 0 Å². The highest BCUT2D eigenvalue weighted by molar-refractivity contribution is 7.99. The minimum atomic E-state index is -0.717. The number of hydrogen-bond acceptors (Lipinski definition) is 4. The van der Waals surface area contributed by atoms with Gasteiger partial charge in [0.25, 0.3) is 0 Å². The number of aryl methyl sites for hydroxylation is 1. The van der Waals surface area contributed by atoms with Crippen molar-refractivity contribution in [3.8, 4) is 0 Å². The molecule has 1 heterocycles. The standard InChI is InChI=1S/C28H25ClFNO3S/c1-2-34-28(33)22-18-31(25-21(26(22)32)14-15-23(29)24(25)30)16-9-17-35-27(19-10-5-3-6-11-19)20-12-7-4-8-13-20/h3-8,10-15,18,27H,2,9,16-17H2,1H3. The molecule has 35 heavy (non-hydrogen) atoms. The third-order valence-electron chi connectivity index (χ3n) is 5.66. The Bertz CT molecular complexity index is 1340. The fraction of sp³-hybridized carbons (Fsp3) is 0.214. The van der Waals surface area contributed by atoms with E-state index < -0.39 is 17.2 Å². The molecule has 7 heteroatoms. The number of carbonyl (C=O) groups excluding carboxylic acids is 1. The largest absolute Gasteiger partial charge is 0.462 e. The molecule has 3 aromatic carbocycles. The van der Waals surface area contributed by atoms with E-state index in [-0.39, 0.29) is 33.3 Å². The van der Waals surface area contributed by atoms with Gasteiger partial charge in [0.15, 0.2) is 5.82 Å². The van der Waals surface area contributed by atoms with Crippen molar-refractivity contribution in [2.45, 2.75) is 25.1 Å². The molecule has 0 amide bonds. The Kier molecular flexibility index (Phi) is 8.26. The first-order valence-electron chi connectivity index (χ1n) is 11.4. The van der Waals surface area contributed by atoms with E-state index in [1.807, 2.05) is 36.4 Å². The van der Waals surface area contributed by atoms with E-state index in [9.17, 15) is 14.0 Å². The summed E-state index contributed by atoms with van der Waals surface area (Å²) >= 11 is 7.81. The number of halogens is 2. The molecule has 0 fully saturated rings. The lowest BCUT2D eigenvalue weighted by Gasteiger charge is -2.19. The van der Waals surface area contributed by atoms with E-state index >= 15 is 0 Å². The van der Waals surface area contributed by atoms with E-state index in [4.69, 9.17) is 16.3 Å². The van der Waals surface area contributed by atoms with Crippen LogP contribution in [0.4, 0.5) is 4.39 Å². The van der Waals surface area contributed by atoms with Gasteiger partial charge in [-0.25, -0.2) is 9.18 Å². The average Bonchev–Trinajstić information content (AvgIpc) is 2.88. The lowest BCUT2D eigenvalue weighted by Crippen LogP contribution is -2.21. The van der Waals surface area contributed by atoms with Crippen LogP contribution in [0.2, 0.25) is 5.02 Å². The van der Waals surface area contributed by atoms with Gasteiger partial charge in [-0.3, -0.25) is 4.79 Å². The number of benzene rings is 3. The first kappa shape index (κ1) is 25.0. The zero-order valence-corrected chi connectivity index (χ0v) is 20.8. The van der Waals surface area contributed by atoms with Crippen LogP contribution in [0.25, 0.3) is 10.9 Å². The molecule has 0 atom stereocenters. The van der Waals surface area contributed by atoms with Gasteiger partial charge in [0.05, 0.1) is 22.4 Å². The molecule has 0 radical (unpaired) electrons. The Morgan fingerprint density at radius 1 is 1.03 bits per heavy atom. The smallest absolute Gasteiger partial charge is 0.343 e. The second-order valence-electron chi connectivity index (χ2n) is 7.97. The molecule has 0 spiro atoms. The zero-order chi connectivity index (χ0) is 24.8. The summed E-state index contributed by atoms with van der Waals surface area (Å²) in [5.74, 6) is -0.610. The third-order valence-corrected chi connectivity index (χ3v) is 7.35. The number of esters is 1. The second kappa shape index (κ2) is 11.6. The third kappa shape index (κ3) is 5.60. The highest BCUT2D eigenvalue weighted by atomic mass is 35.5. The van der Waals surface area contributed by atoms with Gasteiger partial charge in [0, 0.05) is 18.1 Å². The first-order chi connectivity index (χ1) is 17.0. The van der Waals surface area contributed by atoms with Crippen LogP contribution in [-0.4, -0.2) is 22.9 Å². The fourth-order valence-electron chi connectivity index (χ4n) is 4.04. The van der Waals surface area contributed by atoms with Crippen LogP contribution in [0, 0.1) is 5.82 Å². The SMILES string of the molecule is CCOC(=O)c1cn(CCCSC(c2ccccc2)c2ccccc2)c2c(F)c(Cl)ccc2c1=O. The molecular formula is C28H25ClFNO3S. The van der Waals surface area contributed by atoms with E-state index in [1.165, 1.54) is 29.5 Å². The van der Waals surface area contributed by atoms with E-state index in [0.717, 1.165) is 5.75 Å². The molecule has 0 bridgehead atoms. The predicted octanol–water partition coefficient (Wildman–Crippen LogP) is 6.88. The van der Waals surface area contributed by atoms with Gasteiger partial charge in [-0.1, -0.05) is 72.3 Å². The Labute approximate surface area is 212 Å². The van der Waals surface area contributed by atoms with Crippen LogP contribution in [0.15, 0.2) is 83.8 Å². The topological polar surface area (TPSA) is 48.3 Å². The Morgan fingerprint density at radius 2 is 1.66 bits per heavy atom. The number of carbonyl (C=O) groups is 1. The number of ether oxygens (including phenoxy) is 1. The van der Waals surface area contributed by atoms with Crippen molar-refractivity contribution in [1.82, 2.24) is 4.57 Å². The Balaban J connectivity index is 1.59. The molecule has 0 saturated heterocycles. The lowest BCUT2D eigenvalue weighted by molar-refractivity contribution is 0.0524. The zero-order valence-electron chi connectivity index (χ0n) is 19.2. The molecule has 4 nitrogen and oxygen atoms in total. The average molecular weight is 510 g/mol. The van der Waals surface area contributed by atoms with Crippen molar-refractivity contribution < 1.29 is 13.9 Å². The van der Waals surface area contributed by atoms with E-state index in [2.05, 4.69) is 24.3 Å². The molecule has 0 unspecified atom stereocenters. The number of fused-ring (bicyclic) bond motifs is 1. The molecule has 0 N–H and O–H groups in total. The second-order valence-corrected chi connectivity index (χ2v) is 9.59. The summed E-state index contributed by atoms with van der Waals surface area (Å²) in [6.45, 7) is 2.22. The van der Waals surface area contributed by atoms with Crippen molar-refractivity contribution >= 4 is 40.2 Å². The summed E-state index contributed by atoms with van der Waals surface area (Å²) in [6, 6.07) is 23.4.